The number of halogens is 1. The van der Waals surface area contributed by atoms with Gasteiger partial charge in [-0.25, -0.2) is 4.98 Å². The van der Waals surface area contributed by atoms with E-state index in [0.717, 1.165) is 33.8 Å². The van der Waals surface area contributed by atoms with E-state index in [4.69, 9.17) is 0 Å². The number of aryl methyl sites for hydroxylation is 1. The van der Waals surface area contributed by atoms with E-state index in [1.165, 1.54) is 0 Å². The van der Waals surface area contributed by atoms with Gasteiger partial charge in [0.05, 0.1) is 0 Å². The van der Waals surface area contributed by atoms with Crippen LogP contribution in [0.25, 0.3) is 0 Å². The number of para-hydroxylation sites is 1. The number of hydrogen-bond acceptors (Lipinski definition) is 4. The first kappa shape index (κ1) is 16.5. The third kappa shape index (κ3) is 3.74. The van der Waals surface area contributed by atoms with Crippen LogP contribution in [0.1, 0.15) is 12.5 Å². The number of nitrogens with one attached hydrogen (secondary N) is 1. The molecular weight excluding hydrogens is 364 g/mol. The molecule has 0 aliphatic rings. The second-order valence-corrected chi connectivity index (χ2v) is 6.32. The van der Waals surface area contributed by atoms with Gasteiger partial charge in [-0.15, -0.1) is 0 Å². The molecule has 0 bridgehead atoms. The van der Waals surface area contributed by atoms with Crippen molar-refractivity contribution in [2.45, 2.75) is 13.8 Å². The van der Waals surface area contributed by atoms with Crippen molar-refractivity contribution in [3.05, 3.63) is 70.8 Å². The molecule has 0 saturated heterocycles. The van der Waals surface area contributed by atoms with Crippen LogP contribution >= 0.6 is 15.9 Å². The number of aromatic nitrogens is 2. The lowest BCUT2D eigenvalue weighted by Gasteiger charge is -2.21. The fraction of sp³-hybridized carbons (Fsp3) is 0.158. The smallest absolute Gasteiger partial charge is 0.231 e. The van der Waals surface area contributed by atoms with Crippen molar-refractivity contribution in [1.82, 2.24) is 9.97 Å². The second kappa shape index (κ2) is 7.45. The SMILES string of the molecule is CCN(c1ccccc1)c1nccc(Nc2ccc(Br)cc2C)n1. The molecular formula is C19H19BrN4. The molecule has 0 atom stereocenters. The highest BCUT2D eigenvalue weighted by Crippen LogP contribution is 2.25. The molecule has 0 unspecified atom stereocenters. The van der Waals surface area contributed by atoms with Gasteiger partial charge in [-0.1, -0.05) is 34.1 Å². The molecule has 1 heterocycles. The Kier molecular flexibility index (Phi) is 5.11. The van der Waals surface area contributed by atoms with E-state index in [9.17, 15) is 0 Å². The van der Waals surface area contributed by atoms with Crippen LogP contribution < -0.4 is 10.2 Å². The Morgan fingerprint density at radius 2 is 1.88 bits per heavy atom. The standard InChI is InChI=1S/C19H19BrN4/c1-3-24(16-7-5-4-6-8-16)19-21-12-11-18(23-19)22-17-10-9-15(20)13-14(17)2/h4-13H,3H2,1-2H3,(H,21,22,23). The predicted molar refractivity (Wildman–Crippen MR) is 103 cm³/mol. The summed E-state index contributed by atoms with van der Waals surface area (Å²) >= 11 is 3.49. The quantitative estimate of drug-likeness (QED) is 0.636. The zero-order chi connectivity index (χ0) is 16.9. The van der Waals surface area contributed by atoms with Crippen LogP contribution in [-0.4, -0.2) is 16.5 Å². The zero-order valence-corrected chi connectivity index (χ0v) is 15.3. The van der Waals surface area contributed by atoms with E-state index < -0.39 is 0 Å². The molecule has 24 heavy (non-hydrogen) atoms. The highest BCUT2D eigenvalue weighted by atomic mass is 79.9. The van der Waals surface area contributed by atoms with E-state index in [1.54, 1.807) is 6.20 Å². The Balaban J connectivity index is 1.88. The molecule has 4 nitrogen and oxygen atoms in total. The summed E-state index contributed by atoms with van der Waals surface area (Å²) in [6.45, 7) is 4.96. The number of benzene rings is 2. The molecule has 122 valence electrons. The molecule has 0 aliphatic carbocycles. The van der Waals surface area contributed by atoms with Gasteiger partial charge in [0.15, 0.2) is 0 Å². The summed E-state index contributed by atoms with van der Waals surface area (Å²) < 4.78 is 1.06. The Hall–Kier alpha value is -2.40. The van der Waals surface area contributed by atoms with Gasteiger partial charge in [-0.2, -0.15) is 4.98 Å². The van der Waals surface area contributed by atoms with Crippen LogP contribution in [0, 0.1) is 6.92 Å². The Morgan fingerprint density at radius 3 is 2.58 bits per heavy atom. The fourth-order valence-electron chi connectivity index (χ4n) is 2.50. The summed E-state index contributed by atoms with van der Waals surface area (Å²) in [6, 6.07) is 18.2. The van der Waals surface area contributed by atoms with Crippen molar-refractivity contribution in [2.75, 3.05) is 16.8 Å². The van der Waals surface area contributed by atoms with Crippen molar-refractivity contribution in [1.29, 1.82) is 0 Å². The fourth-order valence-corrected chi connectivity index (χ4v) is 2.98. The first-order valence-corrected chi connectivity index (χ1v) is 8.65. The van der Waals surface area contributed by atoms with E-state index in [2.05, 4.69) is 68.2 Å². The lowest BCUT2D eigenvalue weighted by Crippen LogP contribution is -2.19. The highest BCUT2D eigenvalue weighted by molar-refractivity contribution is 9.10. The van der Waals surface area contributed by atoms with Crippen LogP contribution in [0.3, 0.4) is 0 Å². The minimum absolute atomic E-state index is 0.684. The maximum Gasteiger partial charge on any atom is 0.231 e. The maximum absolute atomic E-state index is 4.67. The normalized spacial score (nSPS) is 10.5. The van der Waals surface area contributed by atoms with Crippen LogP contribution in [0.4, 0.5) is 23.1 Å². The monoisotopic (exact) mass is 382 g/mol. The molecule has 3 rings (SSSR count). The van der Waals surface area contributed by atoms with E-state index in [1.807, 2.05) is 36.4 Å². The number of anilines is 4. The van der Waals surface area contributed by atoms with Crippen LogP contribution in [0.15, 0.2) is 65.3 Å². The molecule has 2 aromatic carbocycles. The minimum Gasteiger partial charge on any atom is -0.340 e. The molecule has 3 aromatic rings. The first-order chi connectivity index (χ1) is 11.7. The predicted octanol–water partition coefficient (Wildman–Crippen LogP) is 5.45. The van der Waals surface area contributed by atoms with Gasteiger partial charge in [-0.3, -0.25) is 0 Å². The van der Waals surface area contributed by atoms with Crippen LogP contribution in [0.2, 0.25) is 0 Å². The average molecular weight is 383 g/mol. The molecule has 5 heteroatoms. The second-order valence-electron chi connectivity index (χ2n) is 5.41. The first-order valence-electron chi connectivity index (χ1n) is 7.86. The molecule has 0 radical (unpaired) electrons. The number of rotatable bonds is 5. The molecule has 1 N–H and O–H groups in total. The summed E-state index contributed by atoms with van der Waals surface area (Å²) in [5.41, 5.74) is 3.27. The summed E-state index contributed by atoms with van der Waals surface area (Å²) in [7, 11) is 0. The zero-order valence-electron chi connectivity index (χ0n) is 13.7. The molecule has 0 fully saturated rings. The van der Waals surface area contributed by atoms with E-state index in [-0.39, 0.29) is 0 Å². The molecule has 0 amide bonds. The van der Waals surface area contributed by atoms with Crippen LogP contribution in [0.5, 0.6) is 0 Å². The lowest BCUT2D eigenvalue weighted by molar-refractivity contribution is 0.948. The third-order valence-electron chi connectivity index (χ3n) is 3.72. The van der Waals surface area contributed by atoms with Gasteiger partial charge in [0.2, 0.25) is 5.95 Å². The summed E-state index contributed by atoms with van der Waals surface area (Å²) in [4.78, 5) is 11.2. The van der Waals surface area contributed by atoms with Crippen molar-refractivity contribution in [2.24, 2.45) is 0 Å². The average Bonchev–Trinajstić information content (AvgIpc) is 2.60. The summed E-state index contributed by atoms with van der Waals surface area (Å²) in [5.74, 6) is 1.46. The lowest BCUT2D eigenvalue weighted by atomic mass is 10.2. The van der Waals surface area contributed by atoms with E-state index in [0.29, 0.717) is 5.95 Å². The van der Waals surface area contributed by atoms with Gasteiger partial charge >= 0.3 is 0 Å². The highest BCUT2D eigenvalue weighted by Gasteiger charge is 2.11. The Bertz CT molecular complexity index is 821. The number of nitrogens with zero attached hydrogens (tertiary/aromatic N) is 3. The minimum atomic E-state index is 0.684. The van der Waals surface area contributed by atoms with Gasteiger partial charge in [0, 0.05) is 28.6 Å². The number of hydrogen-bond donors (Lipinski definition) is 1. The van der Waals surface area contributed by atoms with E-state index >= 15 is 0 Å². The van der Waals surface area contributed by atoms with Gasteiger partial charge < -0.3 is 10.2 Å². The molecule has 1 aromatic heterocycles. The van der Waals surface area contributed by atoms with Crippen LogP contribution in [-0.2, 0) is 0 Å². The maximum atomic E-state index is 4.67. The van der Waals surface area contributed by atoms with Crippen molar-refractivity contribution < 1.29 is 0 Å². The third-order valence-corrected chi connectivity index (χ3v) is 4.21. The molecule has 0 aliphatic heterocycles. The largest absolute Gasteiger partial charge is 0.340 e. The Morgan fingerprint density at radius 1 is 1.08 bits per heavy atom. The topological polar surface area (TPSA) is 41.1 Å². The van der Waals surface area contributed by atoms with Crippen molar-refractivity contribution in [3.8, 4) is 0 Å². The molecule has 0 spiro atoms. The Labute approximate surface area is 150 Å². The van der Waals surface area contributed by atoms with Crippen molar-refractivity contribution in [3.63, 3.8) is 0 Å². The molecule has 0 saturated carbocycles. The summed E-state index contributed by atoms with van der Waals surface area (Å²) in [6.07, 6.45) is 1.78. The van der Waals surface area contributed by atoms with Gasteiger partial charge in [-0.05, 0) is 55.8 Å². The summed E-state index contributed by atoms with van der Waals surface area (Å²) in [5, 5.41) is 3.37. The van der Waals surface area contributed by atoms with Crippen molar-refractivity contribution >= 4 is 39.1 Å². The van der Waals surface area contributed by atoms with Gasteiger partial charge in [0.1, 0.15) is 5.82 Å². The van der Waals surface area contributed by atoms with Gasteiger partial charge in [0.25, 0.3) is 0 Å².